The number of likely N-dealkylation sites (N-methyl/N-ethyl adjacent to an activating group) is 2. The molecule has 0 saturated carbocycles. The largest absolute Gasteiger partial charge is 0.342 e. The van der Waals surface area contributed by atoms with E-state index in [2.05, 4.69) is 10.6 Å². The molecule has 0 rings (SSSR count). The SMILES string of the molecule is CCN(CC)C(=O)CN(C)CC(=O)NC(=O)NC(C)(C)C. The Kier molecular flexibility index (Phi) is 7.94. The van der Waals surface area contributed by atoms with Crippen LogP contribution in [0.1, 0.15) is 34.6 Å². The molecule has 0 saturated heterocycles. The molecule has 21 heavy (non-hydrogen) atoms. The van der Waals surface area contributed by atoms with Crippen LogP contribution in [0.3, 0.4) is 0 Å². The first-order valence-electron chi connectivity index (χ1n) is 7.17. The van der Waals surface area contributed by atoms with E-state index < -0.39 is 17.5 Å². The Morgan fingerprint density at radius 1 is 1.00 bits per heavy atom. The highest BCUT2D eigenvalue weighted by Crippen LogP contribution is 1.97. The first-order chi connectivity index (χ1) is 9.58. The Morgan fingerprint density at radius 3 is 1.95 bits per heavy atom. The number of hydrogen-bond donors (Lipinski definition) is 2. The average Bonchev–Trinajstić information content (AvgIpc) is 2.26. The second-order valence-corrected chi connectivity index (χ2v) is 5.99. The Hall–Kier alpha value is -1.63. The van der Waals surface area contributed by atoms with E-state index in [1.165, 1.54) is 0 Å². The topological polar surface area (TPSA) is 81.8 Å². The van der Waals surface area contributed by atoms with Crippen LogP contribution in [0.2, 0.25) is 0 Å². The van der Waals surface area contributed by atoms with Gasteiger partial charge in [-0.05, 0) is 41.7 Å². The van der Waals surface area contributed by atoms with Gasteiger partial charge in [-0.3, -0.25) is 19.8 Å². The molecule has 0 spiro atoms. The summed E-state index contributed by atoms with van der Waals surface area (Å²) in [4.78, 5) is 38.4. The van der Waals surface area contributed by atoms with Gasteiger partial charge in [-0.15, -0.1) is 0 Å². The first kappa shape index (κ1) is 19.4. The van der Waals surface area contributed by atoms with Gasteiger partial charge in [0.15, 0.2) is 0 Å². The quantitative estimate of drug-likeness (QED) is 0.744. The fraction of sp³-hybridized carbons (Fsp3) is 0.786. The van der Waals surface area contributed by atoms with E-state index in [0.29, 0.717) is 13.1 Å². The Labute approximate surface area is 127 Å². The molecule has 0 aliphatic rings. The summed E-state index contributed by atoms with van der Waals surface area (Å²) in [6.45, 7) is 10.7. The monoisotopic (exact) mass is 300 g/mol. The van der Waals surface area contributed by atoms with E-state index in [4.69, 9.17) is 0 Å². The van der Waals surface area contributed by atoms with E-state index in [1.807, 2.05) is 34.6 Å². The molecule has 0 bridgehead atoms. The summed E-state index contributed by atoms with van der Waals surface area (Å²) in [6, 6.07) is -0.532. The molecular weight excluding hydrogens is 272 g/mol. The Balaban J connectivity index is 4.21. The normalized spacial score (nSPS) is 11.2. The van der Waals surface area contributed by atoms with Crippen molar-refractivity contribution in [1.29, 1.82) is 0 Å². The summed E-state index contributed by atoms with van der Waals surface area (Å²) in [5, 5.41) is 4.88. The molecule has 4 amide bonds. The van der Waals surface area contributed by atoms with E-state index in [9.17, 15) is 14.4 Å². The smallest absolute Gasteiger partial charge is 0.321 e. The second kappa shape index (κ2) is 8.61. The van der Waals surface area contributed by atoms with Crippen molar-refractivity contribution in [1.82, 2.24) is 20.4 Å². The highest BCUT2D eigenvalue weighted by Gasteiger charge is 2.18. The third-order valence-corrected chi connectivity index (χ3v) is 2.68. The number of nitrogens with one attached hydrogen (secondary N) is 2. The standard InChI is InChI=1S/C14H28N4O3/c1-7-18(8-2)12(20)10-17(6)9-11(19)15-13(21)16-14(3,4)5/h7-10H2,1-6H3,(H2,15,16,19,21). The summed E-state index contributed by atoms with van der Waals surface area (Å²) >= 11 is 0. The van der Waals surface area contributed by atoms with Gasteiger partial charge in [0.25, 0.3) is 0 Å². The molecule has 0 atom stereocenters. The van der Waals surface area contributed by atoms with Crippen molar-refractivity contribution in [2.75, 3.05) is 33.2 Å². The molecular formula is C14H28N4O3. The van der Waals surface area contributed by atoms with Gasteiger partial charge in [0.2, 0.25) is 11.8 Å². The van der Waals surface area contributed by atoms with Crippen molar-refractivity contribution in [2.24, 2.45) is 0 Å². The number of carbonyl (C=O) groups excluding carboxylic acids is 3. The maximum absolute atomic E-state index is 11.9. The molecule has 2 N–H and O–H groups in total. The van der Waals surface area contributed by atoms with E-state index >= 15 is 0 Å². The summed E-state index contributed by atoms with van der Waals surface area (Å²) in [5.41, 5.74) is -0.408. The molecule has 0 aromatic carbocycles. The molecule has 0 fully saturated rings. The fourth-order valence-corrected chi connectivity index (χ4v) is 1.75. The summed E-state index contributed by atoms with van der Waals surface area (Å²) in [5.74, 6) is -0.471. The minimum absolute atomic E-state index is 0.00935. The lowest BCUT2D eigenvalue weighted by Crippen LogP contribution is -2.50. The fourth-order valence-electron chi connectivity index (χ4n) is 1.75. The minimum Gasteiger partial charge on any atom is -0.342 e. The molecule has 7 nitrogen and oxygen atoms in total. The molecule has 0 aromatic rings. The molecule has 7 heteroatoms. The number of nitrogens with zero attached hydrogens (tertiary/aromatic N) is 2. The van der Waals surface area contributed by atoms with Gasteiger partial charge in [-0.25, -0.2) is 4.79 Å². The number of hydrogen-bond acceptors (Lipinski definition) is 4. The molecule has 0 radical (unpaired) electrons. The zero-order valence-corrected chi connectivity index (χ0v) is 13.9. The maximum Gasteiger partial charge on any atom is 0.321 e. The summed E-state index contributed by atoms with van der Waals surface area (Å²) in [7, 11) is 1.67. The van der Waals surface area contributed by atoms with Gasteiger partial charge < -0.3 is 10.2 Å². The molecule has 0 aliphatic carbocycles. The van der Waals surface area contributed by atoms with Crippen molar-refractivity contribution >= 4 is 17.8 Å². The van der Waals surface area contributed by atoms with Crippen molar-refractivity contribution in [3.63, 3.8) is 0 Å². The average molecular weight is 300 g/mol. The molecule has 0 aromatic heterocycles. The number of urea groups is 1. The van der Waals surface area contributed by atoms with E-state index in [-0.39, 0.29) is 19.0 Å². The van der Waals surface area contributed by atoms with Gasteiger partial charge in [-0.1, -0.05) is 0 Å². The Morgan fingerprint density at radius 2 is 1.52 bits per heavy atom. The predicted molar refractivity (Wildman–Crippen MR) is 81.9 cm³/mol. The van der Waals surface area contributed by atoms with Gasteiger partial charge in [-0.2, -0.15) is 0 Å². The van der Waals surface area contributed by atoms with Crippen LogP contribution in [0.15, 0.2) is 0 Å². The molecule has 0 aliphatic heterocycles. The molecule has 0 heterocycles. The lowest BCUT2D eigenvalue weighted by atomic mass is 10.1. The van der Waals surface area contributed by atoms with Gasteiger partial charge in [0.1, 0.15) is 0 Å². The van der Waals surface area contributed by atoms with Gasteiger partial charge in [0, 0.05) is 18.6 Å². The third kappa shape index (κ3) is 9.01. The second-order valence-electron chi connectivity index (χ2n) is 5.99. The minimum atomic E-state index is -0.532. The summed E-state index contributed by atoms with van der Waals surface area (Å²) < 4.78 is 0. The Bertz CT molecular complexity index is 373. The van der Waals surface area contributed by atoms with Crippen LogP contribution in [0.25, 0.3) is 0 Å². The lowest BCUT2D eigenvalue weighted by Gasteiger charge is -2.23. The van der Waals surface area contributed by atoms with Crippen molar-refractivity contribution in [2.45, 2.75) is 40.2 Å². The number of rotatable bonds is 6. The van der Waals surface area contributed by atoms with Crippen molar-refractivity contribution in [3.05, 3.63) is 0 Å². The van der Waals surface area contributed by atoms with Crippen molar-refractivity contribution < 1.29 is 14.4 Å². The molecule has 122 valence electrons. The van der Waals surface area contributed by atoms with E-state index in [0.717, 1.165) is 0 Å². The maximum atomic E-state index is 11.9. The number of carbonyl (C=O) groups is 3. The number of imide groups is 1. The van der Waals surface area contributed by atoms with Crippen LogP contribution in [-0.4, -0.2) is 66.4 Å². The van der Waals surface area contributed by atoms with Crippen LogP contribution in [-0.2, 0) is 9.59 Å². The molecule has 0 unspecified atom stereocenters. The zero-order chi connectivity index (χ0) is 16.6. The summed E-state index contributed by atoms with van der Waals surface area (Å²) in [6.07, 6.45) is 0. The van der Waals surface area contributed by atoms with Crippen LogP contribution in [0.5, 0.6) is 0 Å². The van der Waals surface area contributed by atoms with Crippen LogP contribution in [0, 0.1) is 0 Å². The highest BCUT2D eigenvalue weighted by molar-refractivity contribution is 5.95. The third-order valence-electron chi connectivity index (χ3n) is 2.68. The predicted octanol–water partition coefficient (Wildman–Crippen LogP) is 0.411. The van der Waals surface area contributed by atoms with Crippen LogP contribution >= 0.6 is 0 Å². The van der Waals surface area contributed by atoms with E-state index in [1.54, 1.807) is 16.8 Å². The van der Waals surface area contributed by atoms with Crippen molar-refractivity contribution in [3.8, 4) is 0 Å². The lowest BCUT2D eigenvalue weighted by molar-refractivity contribution is -0.132. The van der Waals surface area contributed by atoms with Crippen LogP contribution < -0.4 is 10.6 Å². The number of amides is 4. The highest BCUT2D eigenvalue weighted by atomic mass is 16.2. The first-order valence-corrected chi connectivity index (χ1v) is 7.17. The van der Waals surface area contributed by atoms with Gasteiger partial charge >= 0.3 is 6.03 Å². The zero-order valence-electron chi connectivity index (χ0n) is 13.9. The van der Waals surface area contributed by atoms with Gasteiger partial charge in [0.05, 0.1) is 13.1 Å². The van der Waals surface area contributed by atoms with Crippen LogP contribution in [0.4, 0.5) is 4.79 Å².